The molecular formula is C19H17ClFN3O. The Morgan fingerprint density at radius 1 is 1.20 bits per heavy atom. The molecule has 4 nitrogen and oxygen atoms in total. The predicted octanol–water partition coefficient (Wildman–Crippen LogP) is 3.66. The third kappa shape index (κ3) is 4.25. The lowest BCUT2D eigenvalue weighted by molar-refractivity contribution is -0.121. The standard InChI is InChI=1S/C19H17ClFN3O/c1-24-11-10-22-19(24)18(14-4-8-16(21)9-5-14)23-17(25)12-13-2-6-15(20)7-3-13/h2-11,18H,12H2,1H3,(H,23,25). The van der Waals surface area contributed by atoms with Gasteiger partial charge in [0, 0.05) is 24.5 Å². The summed E-state index contributed by atoms with van der Waals surface area (Å²) in [6.07, 6.45) is 3.69. The number of hydrogen-bond acceptors (Lipinski definition) is 2. The van der Waals surface area contributed by atoms with Crippen LogP contribution in [-0.2, 0) is 18.3 Å². The van der Waals surface area contributed by atoms with Gasteiger partial charge in [-0.25, -0.2) is 9.37 Å². The lowest BCUT2D eigenvalue weighted by Crippen LogP contribution is -2.32. The van der Waals surface area contributed by atoms with Gasteiger partial charge in [0.1, 0.15) is 17.7 Å². The second-order valence-electron chi connectivity index (χ2n) is 5.75. The zero-order chi connectivity index (χ0) is 17.8. The number of aromatic nitrogens is 2. The van der Waals surface area contributed by atoms with Crippen molar-refractivity contribution in [2.24, 2.45) is 7.05 Å². The smallest absolute Gasteiger partial charge is 0.225 e. The summed E-state index contributed by atoms with van der Waals surface area (Å²) in [5.74, 6) is 0.200. The summed E-state index contributed by atoms with van der Waals surface area (Å²) in [5, 5.41) is 3.61. The number of hydrogen-bond donors (Lipinski definition) is 1. The molecular weight excluding hydrogens is 341 g/mol. The highest BCUT2D eigenvalue weighted by molar-refractivity contribution is 6.30. The van der Waals surface area contributed by atoms with E-state index in [1.54, 1.807) is 36.7 Å². The van der Waals surface area contributed by atoms with Crippen molar-refractivity contribution in [1.82, 2.24) is 14.9 Å². The first-order valence-corrected chi connectivity index (χ1v) is 8.17. The summed E-state index contributed by atoms with van der Waals surface area (Å²) in [7, 11) is 1.85. The van der Waals surface area contributed by atoms with Crippen molar-refractivity contribution in [3.05, 3.63) is 88.7 Å². The van der Waals surface area contributed by atoms with Crippen LogP contribution in [0.4, 0.5) is 4.39 Å². The van der Waals surface area contributed by atoms with E-state index in [2.05, 4.69) is 10.3 Å². The fourth-order valence-electron chi connectivity index (χ4n) is 2.61. The summed E-state index contributed by atoms with van der Waals surface area (Å²) in [6, 6.07) is 12.7. The molecule has 25 heavy (non-hydrogen) atoms. The van der Waals surface area contributed by atoms with Crippen LogP contribution in [-0.4, -0.2) is 15.5 Å². The molecule has 1 atom stereocenters. The zero-order valence-corrected chi connectivity index (χ0v) is 14.4. The van der Waals surface area contributed by atoms with Gasteiger partial charge in [0.2, 0.25) is 5.91 Å². The van der Waals surface area contributed by atoms with Crippen molar-refractivity contribution in [2.75, 3.05) is 0 Å². The van der Waals surface area contributed by atoms with Gasteiger partial charge in [0.15, 0.2) is 0 Å². The van der Waals surface area contributed by atoms with Crippen LogP contribution in [0.25, 0.3) is 0 Å². The molecule has 0 aliphatic heterocycles. The third-order valence-corrected chi connectivity index (χ3v) is 4.16. The second kappa shape index (κ2) is 7.49. The van der Waals surface area contributed by atoms with Gasteiger partial charge >= 0.3 is 0 Å². The van der Waals surface area contributed by atoms with Gasteiger partial charge in [-0.15, -0.1) is 0 Å². The van der Waals surface area contributed by atoms with E-state index in [-0.39, 0.29) is 18.1 Å². The van der Waals surface area contributed by atoms with Gasteiger partial charge in [-0.2, -0.15) is 0 Å². The van der Waals surface area contributed by atoms with Crippen molar-refractivity contribution in [2.45, 2.75) is 12.5 Å². The minimum absolute atomic E-state index is 0.153. The Labute approximate surface area is 150 Å². The quantitative estimate of drug-likeness (QED) is 0.757. The Morgan fingerprint density at radius 2 is 1.88 bits per heavy atom. The van der Waals surface area contributed by atoms with Crippen molar-refractivity contribution >= 4 is 17.5 Å². The predicted molar refractivity (Wildman–Crippen MR) is 94.7 cm³/mol. The average Bonchev–Trinajstić information content (AvgIpc) is 3.01. The number of amides is 1. The summed E-state index contributed by atoms with van der Waals surface area (Å²) in [4.78, 5) is 16.8. The van der Waals surface area contributed by atoms with E-state index in [1.807, 2.05) is 23.7 Å². The number of imidazole rings is 1. The monoisotopic (exact) mass is 357 g/mol. The molecule has 0 bridgehead atoms. The number of halogens is 2. The fourth-order valence-corrected chi connectivity index (χ4v) is 2.73. The Hall–Kier alpha value is -2.66. The van der Waals surface area contributed by atoms with Gasteiger partial charge < -0.3 is 9.88 Å². The molecule has 3 aromatic rings. The van der Waals surface area contributed by atoms with Crippen LogP contribution in [0.1, 0.15) is 23.0 Å². The molecule has 0 aliphatic carbocycles. The second-order valence-corrected chi connectivity index (χ2v) is 6.19. The van der Waals surface area contributed by atoms with Gasteiger partial charge in [-0.05, 0) is 35.4 Å². The maximum Gasteiger partial charge on any atom is 0.225 e. The van der Waals surface area contributed by atoms with Crippen LogP contribution in [0.5, 0.6) is 0 Å². The van der Waals surface area contributed by atoms with Crippen molar-refractivity contribution in [1.29, 1.82) is 0 Å². The van der Waals surface area contributed by atoms with Crippen molar-refractivity contribution in [3.63, 3.8) is 0 Å². The molecule has 1 unspecified atom stereocenters. The summed E-state index contributed by atoms with van der Waals surface area (Å²) in [6.45, 7) is 0. The molecule has 128 valence electrons. The fraction of sp³-hybridized carbons (Fsp3) is 0.158. The largest absolute Gasteiger partial charge is 0.342 e. The molecule has 2 aromatic carbocycles. The maximum atomic E-state index is 13.2. The van der Waals surface area contributed by atoms with E-state index in [0.29, 0.717) is 10.8 Å². The molecule has 0 fully saturated rings. The number of aryl methyl sites for hydroxylation is 1. The number of nitrogens with one attached hydrogen (secondary N) is 1. The topological polar surface area (TPSA) is 46.9 Å². The maximum absolute atomic E-state index is 13.2. The molecule has 0 saturated carbocycles. The van der Waals surface area contributed by atoms with Gasteiger partial charge in [0.25, 0.3) is 0 Å². The highest BCUT2D eigenvalue weighted by Gasteiger charge is 2.20. The van der Waals surface area contributed by atoms with Gasteiger partial charge in [-0.1, -0.05) is 35.9 Å². The molecule has 1 amide bonds. The minimum Gasteiger partial charge on any atom is -0.342 e. The van der Waals surface area contributed by atoms with Crippen molar-refractivity contribution in [3.8, 4) is 0 Å². The number of benzene rings is 2. The van der Waals surface area contributed by atoms with E-state index >= 15 is 0 Å². The minimum atomic E-state index is -0.458. The van der Waals surface area contributed by atoms with Gasteiger partial charge in [-0.3, -0.25) is 4.79 Å². The average molecular weight is 358 g/mol. The summed E-state index contributed by atoms with van der Waals surface area (Å²) >= 11 is 5.87. The van der Waals surface area contributed by atoms with E-state index in [0.717, 1.165) is 11.1 Å². The lowest BCUT2D eigenvalue weighted by Gasteiger charge is -2.19. The van der Waals surface area contributed by atoms with Gasteiger partial charge in [0.05, 0.1) is 6.42 Å². The molecule has 1 N–H and O–H groups in total. The van der Waals surface area contributed by atoms with Crippen LogP contribution in [0.2, 0.25) is 5.02 Å². The number of carbonyl (C=O) groups excluding carboxylic acids is 1. The van der Waals surface area contributed by atoms with E-state index in [9.17, 15) is 9.18 Å². The molecule has 3 rings (SSSR count). The van der Waals surface area contributed by atoms with Crippen molar-refractivity contribution < 1.29 is 9.18 Å². The van der Waals surface area contributed by atoms with E-state index in [4.69, 9.17) is 11.6 Å². The number of nitrogens with zero attached hydrogens (tertiary/aromatic N) is 2. The SMILES string of the molecule is Cn1ccnc1C(NC(=O)Cc1ccc(Cl)cc1)c1ccc(F)cc1. The highest BCUT2D eigenvalue weighted by Crippen LogP contribution is 2.21. The highest BCUT2D eigenvalue weighted by atomic mass is 35.5. The lowest BCUT2D eigenvalue weighted by atomic mass is 10.0. The summed E-state index contributed by atoms with van der Waals surface area (Å²) < 4.78 is 15.1. The molecule has 0 spiro atoms. The van der Waals surface area contributed by atoms with Crippen LogP contribution >= 0.6 is 11.6 Å². The van der Waals surface area contributed by atoms with Crippen LogP contribution in [0.15, 0.2) is 60.9 Å². The zero-order valence-electron chi connectivity index (χ0n) is 13.6. The molecule has 0 saturated heterocycles. The molecule has 0 aliphatic rings. The molecule has 1 aromatic heterocycles. The van der Waals surface area contributed by atoms with E-state index < -0.39 is 6.04 Å². The Morgan fingerprint density at radius 3 is 2.48 bits per heavy atom. The number of rotatable bonds is 5. The van der Waals surface area contributed by atoms with Crippen LogP contribution < -0.4 is 5.32 Å². The normalized spacial score (nSPS) is 12.0. The Kier molecular flexibility index (Phi) is 5.14. The Bertz CT molecular complexity index is 859. The molecule has 0 radical (unpaired) electrons. The first-order valence-electron chi connectivity index (χ1n) is 7.79. The summed E-state index contributed by atoms with van der Waals surface area (Å²) in [5.41, 5.74) is 1.62. The third-order valence-electron chi connectivity index (χ3n) is 3.90. The first kappa shape index (κ1) is 17.2. The van der Waals surface area contributed by atoms with E-state index in [1.165, 1.54) is 12.1 Å². The molecule has 1 heterocycles. The Balaban J connectivity index is 1.82. The number of carbonyl (C=O) groups is 1. The van der Waals surface area contributed by atoms with Crippen LogP contribution in [0.3, 0.4) is 0 Å². The van der Waals surface area contributed by atoms with Crippen LogP contribution in [0, 0.1) is 5.82 Å². The molecule has 6 heteroatoms. The first-order chi connectivity index (χ1) is 12.0.